The van der Waals surface area contributed by atoms with E-state index in [1.165, 1.54) is 7.11 Å². The second-order valence-electron chi connectivity index (χ2n) is 8.45. The predicted molar refractivity (Wildman–Crippen MR) is 118 cm³/mol. The summed E-state index contributed by atoms with van der Waals surface area (Å²) in [6, 6.07) is 11.2. The normalized spacial score (nSPS) is 27.6. The summed E-state index contributed by atoms with van der Waals surface area (Å²) in [5.74, 6) is -3.53. The number of rotatable bonds is 5. The summed E-state index contributed by atoms with van der Waals surface area (Å²) in [6.07, 6.45) is -0.201. The van der Waals surface area contributed by atoms with Crippen molar-refractivity contribution in [2.45, 2.75) is 24.5 Å². The van der Waals surface area contributed by atoms with E-state index in [0.29, 0.717) is 27.6 Å². The van der Waals surface area contributed by atoms with Crippen molar-refractivity contribution >= 4 is 40.9 Å². The van der Waals surface area contributed by atoms with Crippen LogP contribution in [0.2, 0.25) is 5.02 Å². The Morgan fingerprint density at radius 2 is 1.94 bits per heavy atom. The Hall–Kier alpha value is -3.43. The highest BCUT2D eigenvalue weighted by atomic mass is 35.5. The molecule has 9 nitrogen and oxygen atoms in total. The smallest absolute Gasteiger partial charge is 0.250 e. The number of imide groups is 1. The first-order chi connectivity index (χ1) is 15.8. The highest BCUT2D eigenvalue weighted by molar-refractivity contribution is 6.31. The monoisotopic (exact) mass is 468 g/mol. The standard InChI is InChI=1S/C23H21ClN4O5/c1-33-16-5-3-2-4-11(16)10-28-20(30)18-15(9-17(25)29)27-23(19(18)21(28)31)13-8-12(24)6-7-14(13)26-22(23)32/h2-8,15,18-19,27H,9-10H2,1H3,(H2,25,29)(H,26,32)/t15-,18+,19-,23-/m0/s1. The average Bonchev–Trinajstić information content (AvgIpc) is 3.34. The van der Waals surface area contributed by atoms with Gasteiger partial charge in [0, 0.05) is 34.3 Å². The summed E-state index contributed by atoms with van der Waals surface area (Å²) < 4.78 is 5.36. The number of anilines is 1. The molecule has 2 aromatic rings. The Kier molecular flexibility index (Phi) is 4.91. The lowest BCUT2D eigenvalue weighted by molar-refractivity contribution is -0.143. The molecule has 0 unspecified atom stereocenters. The Balaban J connectivity index is 1.61. The van der Waals surface area contributed by atoms with Crippen LogP contribution in [0.1, 0.15) is 17.5 Å². The third-order valence-corrected chi connectivity index (χ3v) is 6.95. The van der Waals surface area contributed by atoms with Gasteiger partial charge in [0.25, 0.3) is 0 Å². The largest absolute Gasteiger partial charge is 0.496 e. The molecule has 4 N–H and O–H groups in total. The van der Waals surface area contributed by atoms with E-state index in [9.17, 15) is 19.2 Å². The molecule has 0 aromatic heterocycles. The molecule has 2 fully saturated rings. The fraction of sp³-hybridized carbons (Fsp3) is 0.304. The number of carbonyl (C=O) groups is 4. The van der Waals surface area contributed by atoms with Crippen molar-refractivity contribution < 1.29 is 23.9 Å². The van der Waals surface area contributed by atoms with Crippen LogP contribution in [0.4, 0.5) is 5.69 Å². The van der Waals surface area contributed by atoms with E-state index >= 15 is 0 Å². The molecule has 170 valence electrons. The molecule has 2 aromatic carbocycles. The Labute approximate surface area is 194 Å². The number of nitrogens with two attached hydrogens (primary N) is 1. The number of carbonyl (C=O) groups excluding carboxylic acids is 4. The van der Waals surface area contributed by atoms with Gasteiger partial charge in [0.05, 0.1) is 25.5 Å². The minimum Gasteiger partial charge on any atom is -0.496 e. The number of likely N-dealkylation sites (tertiary alicyclic amines) is 1. The van der Waals surface area contributed by atoms with E-state index < -0.39 is 47.0 Å². The molecular weight excluding hydrogens is 448 g/mol. The van der Waals surface area contributed by atoms with Crippen molar-refractivity contribution in [2.24, 2.45) is 17.6 Å². The van der Waals surface area contributed by atoms with E-state index in [1.54, 1.807) is 42.5 Å². The van der Waals surface area contributed by atoms with Gasteiger partial charge in [-0.1, -0.05) is 29.8 Å². The first kappa shape index (κ1) is 21.4. The van der Waals surface area contributed by atoms with E-state index in [1.807, 2.05) is 0 Å². The fourth-order valence-corrected chi connectivity index (χ4v) is 5.56. The summed E-state index contributed by atoms with van der Waals surface area (Å²) >= 11 is 6.21. The zero-order valence-corrected chi connectivity index (χ0v) is 18.4. The molecule has 3 aliphatic heterocycles. The number of nitrogens with zero attached hydrogens (tertiary/aromatic N) is 1. The molecule has 3 heterocycles. The number of fused-ring (bicyclic) bond motifs is 4. The van der Waals surface area contributed by atoms with Gasteiger partial charge in [-0.3, -0.25) is 29.4 Å². The third-order valence-electron chi connectivity index (χ3n) is 6.71. The van der Waals surface area contributed by atoms with Gasteiger partial charge in [0.1, 0.15) is 11.3 Å². The topological polar surface area (TPSA) is 131 Å². The van der Waals surface area contributed by atoms with Gasteiger partial charge in [-0.2, -0.15) is 0 Å². The molecule has 33 heavy (non-hydrogen) atoms. The van der Waals surface area contributed by atoms with Crippen LogP contribution in [0, 0.1) is 11.8 Å². The van der Waals surface area contributed by atoms with Crippen molar-refractivity contribution in [3.8, 4) is 5.75 Å². The number of nitrogens with one attached hydrogen (secondary N) is 2. The summed E-state index contributed by atoms with van der Waals surface area (Å²) in [7, 11) is 1.51. The van der Waals surface area contributed by atoms with Crippen molar-refractivity contribution in [1.29, 1.82) is 0 Å². The zero-order chi connectivity index (χ0) is 23.5. The predicted octanol–water partition coefficient (Wildman–Crippen LogP) is 1.14. The number of amides is 4. The molecule has 0 saturated carbocycles. The highest BCUT2D eigenvalue weighted by Gasteiger charge is 2.70. The van der Waals surface area contributed by atoms with Gasteiger partial charge in [0.15, 0.2) is 0 Å². The van der Waals surface area contributed by atoms with Gasteiger partial charge < -0.3 is 15.8 Å². The van der Waals surface area contributed by atoms with Crippen LogP contribution in [0.5, 0.6) is 5.75 Å². The van der Waals surface area contributed by atoms with Gasteiger partial charge >= 0.3 is 0 Å². The second kappa shape index (κ2) is 7.57. The lowest BCUT2D eigenvalue weighted by atomic mass is 9.76. The van der Waals surface area contributed by atoms with Crippen LogP contribution < -0.4 is 21.1 Å². The average molecular weight is 469 g/mol. The molecule has 5 rings (SSSR count). The lowest BCUT2D eigenvalue weighted by Gasteiger charge is -2.29. The summed E-state index contributed by atoms with van der Waals surface area (Å²) in [5, 5.41) is 6.30. The number of methoxy groups -OCH3 is 1. The van der Waals surface area contributed by atoms with Crippen molar-refractivity contribution in [1.82, 2.24) is 10.2 Å². The van der Waals surface area contributed by atoms with Crippen LogP contribution in [-0.4, -0.2) is 41.7 Å². The SMILES string of the molecule is COc1ccccc1CN1C(=O)[C@@H]2[C@H](CC(N)=O)N[C@]3(C(=O)Nc4ccc(Cl)cc43)[C@@H]2C1=O. The molecule has 4 amide bonds. The maximum atomic E-state index is 13.7. The number of hydrogen-bond acceptors (Lipinski definition) is 6. The number of primary amides is 1. The van der Waals surface area contributed by atoms with Crippen molar-refractivity contribution in [3.63, 3.8) is 0 Å². The third kappa shape index (κ3) is 3.03. The van der Waals surface area contributed by atoms with Crippen LogP contribution in [0.25, 0.3) is 0 Å². The molecule has 2 saturated heterocycles. The number of ether oxygens (including phenoxy) is 1. The molecule has 3 aliphatic rings. The molecule has 0 radical (unpaired) electrons. The van der Waals surface area contributed by atoms with Gasteiger partial charge in [-0.25, -0.2) is 0 Å². The quantitative estimate of drug-likeness (QED) is 0.564. The first-order valence-corrected chi connectivity index (χ1v) is 10.8. The van der Waals surface area contributed by atoms with Crippen LogP contribution in [-0.2, 0) is 31.3 Å². The van der Waals surface area contributed by atoms with E-state index in [2.05, 4.69) is 10.6 Å². The molecule has 0 bridgehead atoms. The van der Waals surface area contributed by atoms with Gasteiger partial charge in [-0.05, 0) is 24.3 Å². The maximum Gasteiger partial charge on any atom is 0.250 e. The molecule has 1 spiro atoms. The van der Waals surface area contributed by atoms with Crippen LogP contribution >= 0.6 is 11.6 Å². The van der Waals surface area contributed by atoms with Gasteiger partial charge in [-0.15, -0.1) is 0 Å². The van der Waals surface area contributed by atoms with Crippen molar-refractivity contribution in [2.75, 3.05) is 12.4 Å². The molecule has 10 heteroatoms. The maximum absolute atomic E-state index is 13.7. The second-order valence-corrected chi connectivity index (χ2v) is 8.89. The van der Waals surface area contributed by atoms with E-state index in [-0.39, 0.29) is 13.0 Å². The summed E-state index contributed by atoms with van der Waals surface area (Å²) in [6.45, 7) is -0.0158. The Bertz CT molecular complexity index is 1220. The van der Waals surface area contributed by atoms with Crippen LogP contribution in [0.15, 0.2) is 42.5 Å². The van der Waals surface area contributed by atoms with Crippen LogP contribution in [0.3, 0.4) is 0 Å². The minimum atomic E-state index is -1.53. The lowest BCUT2D eigenvalue weighted by Crippen LogP contribution is -2.53. The van der Waals surface area contributed by atoms with Gasteiger partial charge in [0.2, 0.25) is 23.6 Å². The first-order valence-electron chi connectivity index (χ1n) is 10.4. The molecule has 4 atom stereocenters. The Morgan fingerprint density at radius 1 is 1.18 bits per heavy atom. The van der Waals surface area contributed by atoms with E-state index in [4.69, 9.17) is 22.1 Å². The zero-order valence-electron chi connectivity index (χ0n) is 17.6. The summed E-state index contributed by atoms with van der Waals surface area (Å²) in [4.78, 5) is 53.5. The van der Waals surface area contributed by atoms with Crippen molar-refractivity contribution in [3.05, 3.63) is 58.6 Å². The van der Waals surface area contributed by atoms with E-state index in [0.717, 1.165) is 4.90 Å². The Morgan fingerprint density at radius 3 is 2.67 bits per heavy atom. The number of halogens is 1. The highest BCUT2D eigenvalue weighted by Crippen LogP contribution is 2.54. The fourth-order valence-electron chi connectivity index (χ4n) is 5.39. The number of benzene rings is 2. The molecule has 0 aliphatic carbocycles. The molecular formula is C23H21ClN4O5. The number of para-hydroxylation sites is 1. The minimum absolute atomic E-state index is 0.0158. The number of hydrogen-bond donors (Lipinski definition) is 3. The summed E-state index contributed by atoms with van der Waals surface area (Å²) in [5.41, 5.74) is 5.53.